The second kappa shape index (κ2) is 51.0. The molecule has 7 N–H and O–H groups in total. The molecule has 0 aromatic carbocycles. The Labute approximate surface area is 558 Å². The molecule has 4 fully saturated rings. The predicted octanol–water partition coefficient (Wildman–Crippen LogP) is 2.96. The van der Waals surface area contributed by atoms with Gasteiger partial charge in [-0.2, -0.15) is 0 Å². The molecule has 8 unspecified atom stereocenters. The first kappa shape index (κ1) is 84.2. The van der Waals surface area contributed by atoms with Gasteiger partial charge in [-0.15, -0.1) is 0 Å². The van der Waals surface area contributed by atoms with Crippen LogP contribution < -0.4 is 0 Å². The van der Waals surface area contributed by atoms with Crippen LogP contribution >= 0.6 is 0 Å². The van der Waals surface area contributed by atoms with Gasteiger partial charge in [-0.3, -0.25) is 0 Å². The second-order valence-corrected chi connectivity index (χ2v) is 25.4. The average Bonchev–Trinajstić information content (AvgIpc) is 0.774. The van der Waals surface area contributed by atoms with Crippen LogP contribution in [-0.4, -0.2) is 301 Å². The van der Waals surface area contributed by atoms with Gasteiger partial charge in [-0.05, 0) is 92.8 Å². The Morgan fingerprint density at radius 3 is 1.65 bits per heavy atom. The van der Waals surface area contributed by atoms with Crippen LogP contribution in [0.4, 0.5) is 0 Å². The zero-order valence-electron chi connectivity index (χ0n) is 57.4. The number of ether oxygens (including phenoxy) is 18. The topological polar surface area (TPSA) is 342 Å². The smallest absolute Gasteiger partial charge is 0.338 e. The Balaban J connectivity index is 1.06. The number of aliphatic hydroxyl groups is 7. The van der Waals surface area contributed by atoms with Crippen molar-refractivity contribution in [1.82, 2.24) is 0 Å². The summed E-state index contributed by atoms with van der Waals surface area (Å²) < 4.78 is 98.3. The third-order valence-electron chi connectivity index (χ3n) is 18.2. The van der Waals surface area contributed by atoms with Crippen LogP contribution in [0.1, 0.15) is 112 Å². The number of hydrogen-bond acceptors (Lipinski definition) is 27. The van der Waals surface area contributed by atoms with Gasteiger partial charge in [0.2, 0.25) is 0 Å². The number of fused-ring (bicyclic) bond motifs is 1. The van der Waals surface area contributed by atoms with Crippen LogP contribution in [0.15, 0.2) is 11.6 Å². The van der Waals surface area contributed by atoms with E-state index in [0.29, 0.717) is 125 Å². The first-order chi connectivity index (χ1) is 45.5. The van der Waals surface area contributed by atoms with E-state index in [2.05, 4.69) is 40.7 Å². The van der Waals surface area contributed by atoms with Crippen LogP contribution in [0.2, 0.25) is 0 Å². The van der Waals surface area contributed by atoms with Crippen molar-refractivity contribution in [3.8, 4) is 0 Å². The minimum atomic E-state index is -2.47. The maximum atomic E-state index is 13.1. The largest absolute Gasteiger partial charge is 0.460 e. The molecule has 27 nitrogen and oxygen atoms in total. The molecule has 0 spiro atoms. The molecule has 27 heteroatoms. The van der Waals surface area contributed by atoms with E-state index in [4.69, 9.17) is 85.3 Å². The first-order valence-corrected chi connectivity index (χ1v) is 34.6. The van der Waals surface area contributed by atoms with Gasteiger partial charge in [0.25, 0.3) is 0 Å². The molecule has 0 bridgehead atoms. The van der Waals surface area contributed by atoms with Gasteiger partial charge in [0.05, 0.1) is 178 Å². The summed E-state index contributed by atoms with van der Waals surface area (Å²) in [4.78, 5) is 26.0. The molecule has 0 radical (unpaired) electrons. The minimum Gasteiger partial charge on any atom is -0.460 e. The molecule has 0 aromatic heterocycles. The summed E-state index contributed by atoms with van der Waals surface area (Å²) in [6, 6.07) is 0. The number of hydrogen-bond donors (Lipinski definition) is 7. The molecule has 0 aromatic rings. The lowest BCUT2D eigenvalue weighted by Gasteiger charge is -2.52. The van der Waals surface area contributed by atoms with Crippen molar-refractivity contribution in [2.45, 2.75) is 173 Å². The van der Waals surface area contributed by atoms with E-state index in [0.717, 1.165) is 48.9 Å². The molecular formula is C67H122O27. The van der Waals surface area contributed by atoms with Gasteiger partial charge in [0.1, 0.15) is 43.7 Å². The Bertz CT molecular complexity index is 1920. The van der Waals surface area contributed by atoms with E-state index < -0.39 is 87.1 Å². The van der Waals surface area contributed by atoms with Gasteiger partial charge >= 0.3 is 11.9 Å². The molecule has 3 aliphatic carbocycles. The third kappa shape index (κ3) is 33.3. The maximum Gasteiger partial charge on any atom is 0.338 e. The van der Waals surface area contributed by atoms with Crippen molar-refractivity contribution >= 4 is 11.9 Å². The third-order valence-corrected chi connectivity index (χ3v) is 18.2. The van der Waals surface area contributed by atoms with Crippen molar-refractivity contribution in [3.63, 3.8) is 0 Å². The van der Waals surface area contributed by atoms with Crippen molar-refractivity contribution in [2.24, 2.45) is 40.9 Å². The van der Waals surface area contributed by atoms with E-state index in [9.17, 15) is 45.3 Å². The van der Waals surface area contributed by atoms with Crippen molar-refractivity contribution < 1.29 is 131 Å². The fourth-order valence-corrected chi connectivity index (χ4v) is 12.9. The normalized spacial score (nSPS) is 27.1. The molecule has 16 atom stereocenters. The van der Waals surface area contributed by atoms with Crippen LogP contribution in [0.3, 0.4) is 0 Å². The summed E-state index contributed by atoms with van der Waals surface area (Å²) in [5.74, 6) is 2.53. The quantitative estimate of drug-likeness (QED) is 0.0199. The number of rotatable bonds is 56. The second-order valence-electron chi connectivity index (χ2n) is 25.4. The van der Waals surface area contributed by atoms with Gasteiger partial charge < -0.3 is 121 Å². The molecule has 1 saturated heterocycles. The molecule has 0 amide bonds. The Hall–Kier alpha value is -2.24. The highest BCUT2D eigenvalue weighted by molar-refractivity contribution is 5.75. The van der Waals surface area contributed by atoms with E-state index in [1.165, 1.54) is 63.4 Å². The van der Waals surface area contributed by atoms with E-state index in [1.54, 1.807) is 7.11 Å². The lowest BCUT2D eigenvalue weighted by Crippen LogP contribution is -2.60. The molecular weight excluding hydrogens is 1240 g/mol. The van der Waals surface area contributed by atoms with Crippen LogP contribution in [0, 0.1) is 40.9 Å². The number of methoxy groups -OCH3 is 1. The standard InChI is InChI=1S/C67H122O27/c1-7-51-43-53(16-17-67(51,5)52-14-15-56-50(42-52)12-9-13-55(56)49(4)11-8-10-48(2)3)90-41-40-89-47-58(69)91-46-54(92-64(75)61(72)62(73)65(76)94-66-63(74)60(71)59(70)57(44-68)93-66)45-88-39-38-87-37-36-86-35-34-85-33-32-84-31-30-83-29-28-82-27-26-81-25-24-80-23-22-79-21-20-78-19-18-77-6/h7,48-50,52-57,59-63,65-66,68,70-74,76H,8-47H2,1-6H3/b51-7-/t49?,50-,52-,53-,54?,55?,56?,57?,59?,60?,61+,62+,63+,65-,66?,67-/m0/s1. The lowest BCUT2D eigenvalue weighted by molar-refractivity contribution is -0.344. The van der Waals surface area contributed by atoms with E-state index in [-0.39, 0.29) is 57.8 Å². The fourth-order valence-electron chi connectivity index (χ4n) is 12.9. The molecule has 94 heavy (non-hydrogen) atoms. The summed E-state index contributed by atoms with van der Waals surface area (Å²) in [6.07, 6.45) is -0.168. The Morgan fingerprint density at radius 2 is 1.14 bits per heavy atom. The lowest BCUT2D eigenvalue weighted by atomic mass is 9.53. The Morgan fingerprint density at radius 1 is 0.617 bits per heavy atom. The molecule has 4 aliphatic rings. The SMILES string of the molecule is C/C=C1/C[C@@H](OCCOCC(=O)OCC(COCCOCCOCCOCCOCCOCCOCCOCCOCCOCCOCCOC)OC(=O)[C@H](O)[C@@H](O)[C@@H](O)OC2OC(CO)C(O)C(O)[C@H]2O)CC[C@]1(C)[C@H]1CCC2C(C(C)CCCC(C)C)CCC[C@H]2C1. The summed E-state index contributed by atoms with van der Waals surface area (Å²) in [7, 11) is 1.63. The molecule has 3 saturated carbocycles. The van der Waals surface area contributed by atoms with Crippen LogP contribution in [-0.2, 0) is 94.9 Å². The Kier molecular flexibility index (Phi) is 45.7. The molecule has 1 heterocycles. The highest BCUT2D eigenvalue weighted by Gasteiger charge is 2.49. The van der Waals surface area contributed by atoms with Crippen molar-refractivity contribution in [1.29, 1.82) is 0 Å². The van der Waals surface area contributed by atoms with E-state index >= 15 is 0 Å². The summed E-state index contributed by atoms with van der Waals surface area (Å²) >= 11 is 0. The fraction of sp³-hybridized carbons (Fsp3) is 0.940. The summed E-state index contributed by atoms with van der Waals surface area (Å²) in [5, 5.41) is 71.8. The van der Waals surface area contributed by atoms with Crippen LogP contribution in [0.25, 0.3) is 0 Å². The maximum absolute atomic E-state index is 13.1. The zero-order valence-corrected chi connectivity index (χ0v) is 57.4. The molecule has 4 rings (SSSR count). The van der Waals surface area contributed by atoms with Crippen molar-refractivity contribution in [2.75, 3.05) is 192 Å². The number of aliphatic hydroxyl groups excluding tert-OH is 7. The van der Waals surface area contributed by atoms with Crippen molar-refractivity contribution in [3.05, 3.63) is 11.6 Å². The number of allylic oxidation sites excluding steroid dienone is 1. The van der Waals surface area contributed by atoms with Gasteiger partial charge in [-0.1, -0.05) is 71.4 Å². The van der Waals surface area contributed by atoms with E-state index in [1.807, 2.05) is 0 Å². The highest BCUT2D eigenvalue weighted by Crippen LogP contribution is 2.57. The summed E-state index contributed by atoms with van der Waals surface area (Å²) in [6.45, 7) is 18.8. The van der Waals surface area contributed by atoms with Gasteiger partial charge in [-0.25, -0.2) is 9.59 Å². The van der Waals surface area contributed by atoms with Crippen LogP contribution in [0.5, 0.6) is 0 Å². The highest BCUT2D eigenvalue weighted by atomic mass is 16.8. The minimum absolute atomic E-state index is 0.00160. The first-order valence-electron chi connectivity index (χ1n) is 34.6. The number of carbonyl (C=O) groups is 2. The predicted molar refractivity (Wildman–Crippen MR) is 340 cm³/mol. The van der Waals surface area contributed by atoms with Gasteiger partial charge in [0.15, 0.2) is 24.8 Å². The number of carbonyl (C=O) groups excluding carboxylic acids is 2. The zero-order chi connectivity index (χ0) is 68.2. The molecule has 1 aliphatic heterocycles. The average molecular weight is 1360 g/mol. The summed E-state index contributed by atoms with van der Waals surface area (Å²) in [5.41, 5.74) is 1.63. The molecule has 552 valence electrons. The number of esters is 2. The van der Waals surface area contributed by atoms with Gasteiger partial charge in [0, 0.05) is 7.11 Å². The monoisotopic (exact) mass is 1360 g/mol.